The lowest BCUT2D eigenvalue weighted by molar-refractivity contribution is -0.138. The molecule has 0 radical (unpaired) electrons. The van der Waals surface area contributed by atoms with Crippen molar-refractivity contribution in [3.05, 3.63) is 40.9 Å². The number of hydrogen-bond acceptors (Lipinski definition) is 5. The van der Waals surface area contributed by atoms with Gasteiger partial charge in [-0.15, -0.1) is 11.3 Å². The number of carboxylic acids is 1. The van der Waals surface area contributed by atoms with Gasteiger partial charge in [0.2, 0.25) is 0 Å². The Balaban J connectivity index is 2.17. The number of para-hydroxylation sites is 1. The Morgan fingerprint density at radius 2 is 2.25 bits per heavy atom. The molecule has 4 N–H and O–H groups in total. The van der Waals surface area contributed by atoms with E-state index in [4.69, 9.17) is 10.8 Å². The van der Waals surface area contributed by atoms with Crippen LogP contribution in [0, 0.1) is 0 Å². The fourth-order valence-corrected chi connectivity index (χ4v) is 2.62. The molecule has 1 heterocycles. The third kappa shape index (κ3) is 3.34. The zero-order valence-corrected chi connectivity index (χ0v) is 12.0. The number of carboxylic acid groups (broad SMARTS) is 1. The highest BCUT2D eigenvalue weighted by Gasteiger charge is 2.17. The fraction of sp³-hybridized carbons (Fsp3) is 0.286. The molecule has 0 fully saturated rings. The van der Waals surface area contributed by atoms with E-state index in [1.165, 1.54) is 16.9 Å². The predicted octanol–water partition coefficient (Wildman–Crippen LogP) is 2.92. The van der Waals surface area contributed by atoms with Gasteiger partial charge in [-0.25, -0.2) is 4.98 Å². The summed E-state index contributed by atoms with van der Waals surface area (Å²) in [6.45, 7) is 2.13. The summed E-state index contributed by atoms with van der Waals surface area (Å²) in [5.74, 6) is -1.08. The first kappa shape index (κ1) is 14.5. The van der Waals surface area contributed by atoms with Crippen molar-refractivity contribution in [1.82, 2.24) is 4.98 Å². The molecule has 0 bridgehead atoms. The van der Waals surface area contributed by atoms with Gasteiger partial charge in [-0.05, 0) is 18.1 Å². The number of carbonyl (C=O) groups is 1. The molecular formula is C14H17N3O2S. The molecule has 20 heavy (non-hydrogen) atoms. The van der Waals surface area contributed by atoms with E-state index in [-0.39, 0.29) is 0 Å². The molecule has 6 heteroatoms. The molecule has 0 aliphatic rings. The van der Waals surface area contributed by atoms with Crippen LogP contribution >= 0.6 is 11.3 Å². The zero-order valence-electron chi connectivity index (χ0n) is 11.2. The van der Waals surface area contributed by atoms with Crippen LogP contribution in [0.2, 0.25) is 0 Å². The highest BCUT2D eigenvalue weighted by molar-refractivity contribution is 7.13. The summed E-state index contributed by atoms with van der Waals surface area (Å²) in [7, 11) is 0. The van der Waals surface area contributed by atoms with Gasteiger partial charge in [-0.1, -0.05) is 31.5 Å². The van der Waals surface area contributed by atoms with E-state index in [0.29, 0.717) is 10.8 Å². The van der Waals surface area contributed by atoms with Gasteiger partial charge in [-0.3, -0.25) is 4.79 Å². The summed E-state index contributed by atoms with van der Waals surface area (Å²) in [6, 6.07) is 6.95. The number of nitrogens with one attached hydrogen (secondary N) is 1. The average molecular weight is 291 g/mol. The number of aryl methyl sites for hydroxylation is 1. The van der Waals surface area contributed by atoms with Crippen LogP contribution in [0.3, 0.4) is 0 Å². The lowest BCUT2D eigenvalue weighted by Crippen LogP contribution is -2.20. The van der Waals surface area contributed by atoms with Gasteiger partial charge in [0.25, 0.3) is 0 Å². The maximum atomic E-state index is 10.8. The summed E-state index contributed by atoms with van der Waals surface area (Å²) >= 11 is 1.35. The molecule has 1 atom stereocenters. The van der Waals surface area contributed by atoms with E-state index in [1.54, 1.807) is 5.38 Å². The summed E-state index contributed by atoms with van der Waals surface area (Å²) < 4.78 is 0. The van der Waals surface area contributed by atoms with Gasteiger partial charge in [0.15, 0.2) is 5.13 Å². The van der Waals surface area contributed by atoms with Crippen LogP contribution < -0.4 is 11.1 Å². The van der Waals surface area contributed by atoms with Crippen molar-refractivity contribution in [2.75, 3.05) is 5.32 Å². The molecule has 1 aromatic heterocycles. The minimum absolute atomic E-state index is 0.373. The number of thiazole rings is 1. The number of hydrogen-bond donors (Lipinski definition) is 3. The Bertz CT molecular complexity index is 598. The second-order valence-electron chi connectivity index (χ2n) is 4.43. The maximum Gasteiger partial charge on any atom is 0.326 e. The second-order valence-corrected chi connectivity index (χ2v) is 5.28. The topological polar surface area (TPSA) is 88.2 Å². The van der Waals surface area contributed by atoms with Gasteiger partial charge in [0.1, 0.15) is 6.04 Å². The molecule has 0 aliphatic carbocycles. The lowest BCUT2D eigenvalue weighted by atomic mass is 10.1. The first-order chi connectivity index (χ1) is 9.61. The molecule has 0 aliphatic heterocycles. The third-order valence-electron chi connectivity index (χ3n) is 2.88. The molecule has 0 spiro atoms. The number of benzene rings is 1. The Kier molecular flexibility index (Phi) is 4.70. The van der Waals surface area contributed by atoms with Gasteiger partial charge in [0.05, 0.1) is 5.69 Å². The normalized spacial score (nSPS) is 12.1. The first-order valence-electron chi connectivity index (χ1n) is 6.40. The van der Waals surface area contributed by atoms with Crippen LogP contribution in [0.4, 0.5) is 10.8 Å². The average Bonchev–Trinajstić information content (AvgIpc) is 2.89. The van der Waals surface area contributed by atoms with Crippen molar-refractivity contribution < 1.29 is 9.90 Å². The van der Waals surface area contributed by atoms with Crippen molar-refractivity contribution in [1.29, 1.82) is 0 Å². The van der Waals surface area contributed by atoms with Crippen LogP contribution in [-0.2, 0) is 11.2 Å². The summed E-state index contributed by atoms with van der Waals surface area (Å²) in [5, 5.41) is 14.4. The van der Waals surface area contributed by atoms with E-state index in [1.807, 2.05) is 18.2 Å². The number of nitrogens with zero attached hydrogens (tertiary/aromatic N) is 1. The minimum atomic E-state index is -1.08. The van der Waals surface area contributed by atoms with Gasteiger partial charge < -0.3 is 16.2 Å². The van der Waals surface area contributed by atoms with E-state index in [2.05, 4.69) is 23.3 Å². The molecule has 106 valence electrons. The van der Waals surface area contributed by atoms with E-state index in [9.17, 15) is 4.79 Å². The molecule has 1 unspecified atom stereocenters. The number of anilines is 2. The van der Waals surface area contributed by atoms with Crippen molar-refractivity contribution in [3.63, 3.8) is 0 Å². The predicted molar refractivity (Wildman–Crippen MR) is 80.4 cm³/mol. The molecule has 5 nitrogen and oxygen atoms in total. The Hall–Kier alpha value is -1.92. The summed E-state index contributed by atoms with van der Waals surface area (Å²) in [6.07, 6.45) is 2.04. The van der Waals surface area contributed by atoms with E-state index in [0.717, 1.165) is 18.5 Å². The number of rotatable bonds is 6. The highest BCUT2D eigenvalue weighted by atomic mass is 32.1. The SMILES string of the molecule is CCCc1ccccc1Nc1nc(C(N)C(=O)O)cs1. The van der Waals surface area contributed by atoms with E-state index < -0.39 is 12.0 Å². The summed E-state index contributed by atoms with van der Waals surface area (Å²) in [4.78, 5) is 15.1. The molecule has 2 aromatic rings. The molecule has 1 aromatic carbocycles. The largest absolute Gasteiger partial charge is 0.480 e. The van der Waals surface area contributed by atoms with Crippen LogP contribution in [0.5, 0.6) is 0 Å². The van der Waals surface area contributed by atoms with Gasteiger partial charge >= 0.3 is 5.97 Å². The van der Waals surface area contributed by atoms with Gasteiger partial charge in [0, 0.05) is 11.1 Å². The van der Waals surface area contributed by atoms with E-state index >= 15 is 0 Å². The minimum Gasteiger partial charge on any atom is -0.480 e. The molecule has 0 saturated heterocycles. The number of aromatic nitrogens is 1. The number of nitrogens with two attached hydrogens (primary N) is 1. The molecule has 0 amide bonds. The highest BCUT2D eigenvalue weighted by Crippen LogP contribution is 2.26. The van der Waals surface area contributed by atoms with Crippen molar-refractivity contribution in [2.24, 2.45) is 5.73 Å². The first-order valence-corrected chi connectivity index (χ1v) is 7.28. The van der Waals surface area contributed by atoms with Crippen LogP contribution in [0.1, 0.15) is 30.6 Å². The maximum absolute atomic E-state index is 10.8. The Morgan fingerprint density at radius 3 is 2.95 bits per heavy atom. The second kappa shape index (κ2) is 6.49. The van der Waals surface area contributed by atoms with Crippen molar-refractivity contribution in [3.8, 4) is 0 Å². The fourth-order valence-electron chi connectivity index (χ4n) is 1.86. The Labute approximate surface area is 121 Å². The monoisotopic (exact) mass is 291 g/mol. The third-order valence-corrected chi connectivity index (χ3v) is 3.66. The van der Waals surface area contributed by atoms with Crippen LogP contribution in [0.25, 0.3) is 0 Å². The van der Waals surface area contributed by atoms with Crippen LogP contribution in [-0.4, -0.2) is 16.1 Å². The standard InChI is InChI=1S/C14H17N3O2S/c1-2-5-9-6-3-4-7-10(9)16-14-17-11(8-20-14)12(15)13(18)19/h3-4,6-8,12H,2,5,15H2,1H3,(H,16,17)(H,18,19). The lowest BCUT2D eigenvalue weighted by Gasteiger charge is -2.09. The summed E-state index contributed by atoms with van der Waals surface area (Å²) in [5.41, 5.74) is 8.13. The zero-order chi connectivity index (χ0) is 14.5. The smallest absolute Gasteiger partial charge is 0.326 e. The number of aliphatic carboxylic acids is 1. The molecule has 2 rings (SSSR count). The Morgan fingerprint density at radius 1 is 1.50 bits per heavy atom. The van der Waals surface area contributed by atoms with Crippen LogP contribution in [0.15, 0.2) is 29.6 Å². The molecule has 0 saturated carbocycles. The van der Waals surface area contributed by atoms with Crippen molar-refractivity contribution in [2.45, 2.75) is 25.8 Å². The van der Waals surface area contributed by atoms with Crippen molar-refractivity contribution >= 4 is 28.1 Å². The van der Waals surface area contributed by atoms with Gasteiger partial charge in [-0.2, -0.15) is 0 Å². The quantitative estimate of drug-likeness (QED) is 0.761. The molecular weight excluding hydrogens is 274 g/mol.